The second-order valence-electron chi connectivity index (χ2n) is 5.27. The first-order valence-electron chi connectivity index (χ1n) is 7.01. The third kappa shape index (κ3) is 2.36. The van der Waals surface area contributed by atoms with Crippen molar-refractivity contribution in [1.82, 2.24) is 4.90 Å². The van der Waals surface area contributed by atoms with Crippen molar-refractivity contribution in [2.24, 2.45) is 9.98 Å². The highest BCUT2D eigenvalue weighted by molar-refractivity contribution is 6.00. The zero-order valence-electron chi connectivity index (χ0n) is 12.4. The van der Waals surface area contributed by atoms with Crippen molar-refractivity contribution >= 4 is 24.5 Å². The molecule has 1 amide bonds. The maximum absolute atomic E-state index is 12.8. The van der Waals surface area contributed by atoms with Gasteiger partial charge in [-0.2, -0.15) is 0 Å². The number of hydrogen-bond donors (Lipinski definition) is 1. The van der Waals surface area contributed by atoms with Gasteiger partial charge in [-0.1, -0.05) is 0 Å². The Morgan fingerprint density at radius 3 is 3.05 bits per heavy atom. The number of hydrogen-bond acceptors (Lipinski definition) is 5. The summed E-state index contributed by atoms with van der Waals surface area (Å²) in [4.78, 5) is 22.6. The smallest absolute Gasteiger partial charge is 0.256 e. The molecule has 0 unspecified atom stereocenters. The van der Waals surface area contributed by atoms with Gasteiger partial charge < -0.3 is 14.7 Å². The van der Waals surface area contributed by atoms with Gasteiger partial charge in [0.15, 0.2) is 11.5 Å². The number of phenolic OH excluding ortho intramolecular Hbond substituents is 1. The number of carbonyl (C=O) groups excluding carboxylic acids is 1. The summed E-state index contributed by atoms with van der Waals surface area (Å²) in [5, 5.41) is 9.80. The van der Waals surface area contributed by atoms with Gasteiger partial charge in [-0.25, -0.2) is 0 Å². The second kappa shape index (κ2) is 5.63. The lowest BCUT2D eigenvalue weighted by molar-refractivity contribution is 0.0765. The number of benzene rings is 1. The van der Waals surface area contributed by atoms with E-state index in [0.29, 0.717) is 30.9 Å². The van der Waals surface area contributed by atoms with E-state index in [4.69, 9.17) is 4.74 Å². The molecule has 0 bridgehead atoms. The minimum atomic E-state index is -0.140. The molecule has 6 nitrogen and oxygen atoms in total. The Kier molecular flexibility index (Phi) is 3.66. The summed E-state index contributed by atoms with van der Waals surface area (Å²) in [7, 11) is 1.44. The molecule has 0 aromatic heterocycles. The molecular formula is C16H17N3O3. The molecule has 0 saturated carbocycles. The molecule has 2 aliphatic rings. The number of amides is 1. The number of carbonyl (C=O) groups is 1. The van der Waals surface area contributed by atoms with Gasteiger partial charge in [-0.15, -0.1) is 0 Å². The summed E-state index contributed by atoms with van der Waals surface area (Å²) >= 11 is 0. The molecular weight excluding hydrogens is 282 g/mol. The second-order valence-corrected chi connectivity index (χ2v) is 5.27. The van der Waals surface area contributed by atoms with Crippen LogP contribution in [-0.2, 0) is 0 Å². The number of ether oxygens (including phenoxy) is 1. The quantitative estimate of drug-likeness (QED) is 0.867. The molecule has 0 radical (unpaired) electrons. The zero-order chi connectivity index (χ0) is 15.7. The van der Waals surface area contributed by atoms with Crippen LogP contribution in [0.4, 0.5) is 5.69 Å². The molecule has 0 aliphatic carbocycles. The molecule has 0 spiro atoms. The molecule has 6 heteroatoms. The maximum atomic E-state index is 12.8. The van der Waals surface area contributed by atoms with Gasteiger partial charge in [-0.3, -0.25) is 14.8 Å². The number of phenols is 1. The summed E-state index contributed by atoms with van der Waals surface area (Å²) in [6, 6.07) is 2.91. The molecule has 0 fully saturated rings. The average Bonchev–Trinajstić information content (AvgIpc) is 3.01. The highest BCUT2D eigenvalue weighted by Gasteiger charge is 2.26. The van der Waals surface area contributed by atoms with Crippen LogP contribution in [-0.4, -0.2) is 55.6 Å². The Hall–Kier alpha value is -2.63. The van der Waals surface area contributed by atoms with Crippen LogP contribution in [0.1, 0.15) is 16.8 Å². The Morgan fingerprint density at radius 2 is 2.32 bits per heavy atom. The van der Waals surface area contributed by atoms with Crippen molar-refractivity contribution in [3.05, 3.63) is 28.8 Å². The molecule has 0 atom stereocenters. The summed E-state index contributed by atoms with van der Waals surface area (Å²) < 4.78 is 5.08. The number of methoxy groups -OCH3 is 1. The van der Waals surface area contributed by atoms with E-state index in [0.717, 1.165) is 6.42 Å². The lowest BCUT2D eigenvalue weighted by Gasteiger charge is -2.28. The van der Waals surface area contributed by atoms with E-state index in [9.17, 15) is 9.90 Å². The molecule has 1 N–H and O–H groups in total. The fourth-order valence-electron chi connectivity index (χ4n) is 2.78. The van der Waals surface area contributed by atoms with E-state index < -0.39 is 0 Å². The highest BCUT2D eigenvalue weighted by Crippen LogP contribution is 2.35. The average molecular weight is 299 g/mol. The first-order chi connectivity index (χ1) is 10.6. The number of nitrogens with zero attached hydrogens (tertiary/aromatic N) is 3. The van der Waals surface area contributed by atoms with Crippen molar-refractivity contribution in [3.8, 4) is 11.5 Å². The topological polar surface area (TPSA) is 74.5 Å². The van der Waals surface area contributed by atoms with E-state index in [1.54, 1.807) is 4.90 Å². The van der Waals surface area contributed by atoms with Gasteiger partial charge in [0.25, 0.3) is 5.91 Å². The van der Waals surface area contributed by atoms with E-state index in [1.165, 1.54) is 30.4 Å². The largest absolute Gasteiger partial charge is 0.504 e. The van der Waals surface area contributed by atoms with Crippen LogP contribution in [0.25, 0.3) is 0 Å². The third-order valence-electron chi connectivity index (χ3n) is 4.00. The first kappa shape index (κ1) is 14.3. The van der Waals surface area contributed by atoms with Crippen LogP contribution < -0.4 is 4.74 Å². The lowest BCUT2D eigenvalue weighted by atomic mass is 10.0. The summed E-state index contributed by atoms with van der Waals surface area (Å²) in [5.41, 5.74) is 3.17. The molecule has 2 aliphatic heterocycles. The molecule has 114 valence electrons. The predicted octanol–water partition coefficient (Wildman–Crippen LogP) is 1.96. The normalized spacial score (nSPS) is 16.7. The standard InChI is InChI=1S/C16H17N3O3/c1-17-13-6-14(20)15(22-2)5-12(13)16(21)19-4-3-10-7-18-8-11(10)9-19/h5-7,20H,1,3-4,8-9H2,2H3. The molecule has 22 heavy (non-hydrogen) atoms. The Balaban J connectivity index is 1.91. The molecule has 2 heterocycles. The minimum absolute atomic E-state index is 0.0609. The van der Waals surface area contributed by atoms with Crippen LogP contribution in [0, 0.1) is 0 Å². The Labute approximate surface area is 128 Å². The van der Waals surface area contributed by atoms with E-state index in [1.807, 2.05) is 6.21 Å². The summed E-state index contributed by atoms with van der Waals surface area (Å²) in [6.45, 7) is 5.36. The van der Waals surface area contributed by atoms with Gasteiger partial charge in [0.2, 0.25) is 0 Å². The van der Waals surface area contributed by atoms with Crippen LogP contribution in [0.3, 0.4) is 0 Å². The number of rotatable bonds is 3. The molecule has 0 saturated heterocycles. The highest BCUT2D eigenvalue weighted by atomic mass is 16.5. The predicted molar refractivity (Wildman–Crippen MR) is 84.8 cm³/mol. The molecule has 1 aromatic carbocycles. The van der Waals surface area contributed by atoms with Gasteiger partial charge in [0, 0.05) is 25.4 Å². The van der Waals surface area contributed by atoms with Gasteiger partial charge in [0.05, 0.1) is 24.9 Å². The SMILES string of the molecule is C=Nc1cc(O)c(OC)cc1C(=O)N1CCC2=C(CN=C2)C1. The monoisotopic (exact) mass is 299 g/mol. The van der Waals surface area contributed by atoms with Crippen molar-refractivity contribution in [2.75, 3.05) is 26.7 Å². The van der Waals surface area contributed by atoms with Crippen LogP contribution in [0.5, 0.6) is 11.5 Å². The Morgan fingerprint density at radius 1 is 1.50 bits per heavy atom. The van der Waals surface area contributed by atoms with Crippen molar-refractivity contribution in [3.63, 3.8) is 0 Å². The Bertz CT molecular complexity index is 707. The fraction of sp³-hybridized carbons (Fsp3) is 0.312. The maximum Gasteiger partial charge on any atom is 0.256 e. The summed E-state index contributed by atoms with van der Waals surface area (Å²) in [6.07, 6.45) is 2.72. The van der Waals surface area contributed by atoms with Crippen LogP contribution in [0.15, 0.2) is 33.3 Å². The third-order valence-corrected chi connectivity index (χ3v) is 4.00. The van der Waals surface area contributed by atoms with Crippen LogP contribution >= 0.6 is 0 Å². The fourth-order valence-corrected chi connectivity index (χ4v) is 2.78. The molecule has 3 rings (SSSR count). The van der Waals surface area contributed by atoms with Crippen molar-refractivity contribution in [1.29, 1.82) is 0 Å². The van der Waals surface area contributed by atoms with E-state index in [2.05, 4.69) is 16.7 Å². The lowest BCUT2D eigenvalue weighted by Crippen LogP contribution is -2.37. The van der Waals surface area contributed by atoms with E-state index >= 15 is 0 Å². The van der Waals surface area contributed by atoms with Gasteiger partial charge in [-0.05, 0) is 30.4 Å². The first-order valence-corrected chi connectivity index (χ1v) is 7.01. The number of aromatic hydroxyl groups is 1. The molecule has 1 aromatic rings. The zero-order valence-corrected chi connectivity index (χ0v) is 12.4. The van der Waals surface area contributed by atoms with Gasteiger partial charge >= 0.3 is 0 Å². The van der Waals surface area contributed by atoms with Crippen molar-refractivity contribution < 1.29 is 14.6 Å². The van der Waals surface area contributed by atoms with E-state index in [-0.39, 0.29) is 17.4 Å². The minimum Gasteiger partial charge on any atom is -0.504 e. The summed E-state index contributed by atoms with van der Waals surface area (Å²) in [5.74, 6) is 0.0466. The van der Waals surface area contributed by atoms with Crippen molar-refractivity contribution in [2.45, 2.75) is 6.42 Å². The van der Waals surface area contributed by atoms with Gasteiger partial charge in [0.1, 0.15) is 0 Å². The van der Waals surface area contributed by atoms with Crippen LogP contribution in [0.2, 0.25) is 0 Å². The number of aliphatic imine (C=N–C) groups is 2.